The number of phenols is 1. The molecule has 3 atom stereocenters. The van der Waals surface area contributed by atoms with Crippen molar-refractivity contribution in [1.29, 1.82) is 0 Å². The fourth-order valence-electron chi connectivity index (χ4n) is 3.39. The highest BCUT2D eigenvalue weighted by molar-refractivity contribution is 5.81. The molecule has 1 saturated heterocycles. The lowest BCUT2D eigenvalue weighted by atomic mass is 9.75. The highest BCUT2D eigenvalue weighted by Gasteiger charge is 2.44. The Labute approximate surface area is 111 Å². The number of hydrogen-bond acceptors (Lipinski definition) is 4. The lowest BCUT2D eigenvalue weighted by Crippen LogP contribution is -2.51. The zero-order valence-corrected chi connectivity index (χ0v) is 10.7. The van der Waals surface area contributed by atoms with Crippen LogP contribution in [0.25, 0.3) is 0 Å². The normalized spacial score (nSPS) is 29.5. The Morgan fingerprint density at radius 2 is 2.26 bits per heavy atom. The van der Waals surface area contributed by atoms with Crippen molar-refractivity contribution in [2.24, 2.45) is 5.92 Å². The van der Waals surface area contributed by atoms with E-state index >= 15 is 0 Å². The van der Waals surface area contributed by atoms with E-state index in [1.54, 1.807) is 18.2 Å². The van der Waals surface area contributed by atoms with Gasteiger partial charge in [-0.1, -0.05) is 0 Å². The summed E-state index contributed by atoms with van der Waals surface area (Å²) in [5.74, 6) is -1.41. The molecule has 1 fully saturated rings. The molecule has 0 amide bonds. The van der Waals surface area contributed by atoms with Gasteiger partial charge in [-0.15, -0.1) is 0 Å². The first-order valence-corrected chi connectivity index (χ1v) is 6.46. The zero-order chi connectivity index (χ0) is 13.6. The van der Waals surface area contributed by atoms with Crippen molar-refractivity contribution in [2.45, 2.75) is 18.4 Å². The number of phenolic OH excluding ortho intramolecular Hbond substituents is 1. The fourth-order valence-corrected chi connectivity index (χ4v) is 3.39. The third-order valence-electron chi connectivity index (χ3n) is 4.28. The number of aliphatic carboxylic acids is 1. The summed E-state index contributed by atoms with van der Waals surface area (Å²) in [4.78, 5) is 13.8. The minimum atomic E-state index is -0.847. The maximum atomic E-state index is 11.6. The molecule has 5 nitrogen and oxygen atoms in total. The van der Waals surface area contributed by atoms with Gasteiger partial charge in [0.05, 0.1) is 12.5 Å². The van der Waals surface area contributed by atoms with Crippen molar-refractivity contribution in [1.82, 2.24) is 0 Å². The van der Waals surface area contributed by atoms with Gasteiger partial charge in [0.1, 0.15) is 5.75 Å². The van der Waals surface area contributed by atoms with Crippen LogP contribution >= 0.6 is 0 Å². The predicted octanol–water partition coefficient (Wildman–Crippen LogP) is 1.42. The summed E-state index contributed by atoms with van der Waals surface area (Å²) in [6.07, 6.45) is 0.839. The molecule has 0 aliphatic carbocycles. The molecule has 3 unspecified atom stereocenters. The van der Waals surface area contributed by atoms with Gasteiger partial charge in [-0.25, -0.2) is 0 Å². The van der Waals surface area contributed by atoms with E-state index in [0.717, 1.165) is 12.1 Å². The van der Waals surface area contributed by atoms with E-state index in [9.17, 15) is 15.0 Å². The summed E-state index contributed by atoms with van der Waals surface area (Å²) in [6.45, 7) is 1.13. The summed E-state index contributed by atoms with van der Waals surface area (Å²) in [5, 5.41) is 19.2. The number of aromatic hydroxyl groups is 1. The fraction of sp³-hybridized carbons (Fsp3) is 0.500. The van der Waals surface area contributed by atoms with E-state index in [-0.39, 0.29) is 17.7 Å². The van der Waals surface area contributed by atoms with Gasteiger partial charge in [-0.3, -0.25) is 4.79 Å². The monoisotopic (exact) mass is 263 g/mol. The van der Waals surface area contributed by atoms with E-state index < -0.39 is 11.9 Å². The molecule has 2 aliphatic heterocycles. The smallest absolute Gasteiger partial charge is 0.311 e. The Morgan fingerprint density at radius 1 is 1.47 bits per heavy atom. The molecule has 0 spiro atoms. The van der Waals surface area contributed by atoms with Crippen molar-refractivity contribution in [3.8, 4) is 5.75 Å². The van der Waals surface area contributed by atoms with E-state index in [1.807, 2.05) is 7.05 Å². The second kappa shape index (κ2) is 4.42. The molecule has 102 valence electrons. The topological polar surface area (TPSA) is 70.0 Å². The van der Waals surface area contributed by atoms with Gasteiger partial charge in [0.25, 0.3) is 0 Å². The van der Waals surface area contributed by atoms with Crippen molar-refractivity contribution in [2.75, 3.05) is 25.2 Å². The number of carboxylic acids is 1. The summed E-state index contributed by atoms with van der Waals surface area (Å²) in [5.41, 5.74) is 1.58. The number of rotatable bonds is 1. The quantitative estimate of drug-likeness (QED) is 0.801. The van der Waals surface area contributed by atoms with E-state index in [1.165, 1.54) is 0 Å². The highest BCUT2D eigenvalue weighted by atomic mass is 16.5. The first-order valence-electron chi connectivity index (χ1n) is 6.46. The van der Waals surface area contributed by atoms with Gasteiger partial charge in [0.2, 0.25) is 0 Å². The van der Waals surface area contributed by atoms with Crippen LogP contribution in [-0.4, -0.2) is 42.5 Å². The number of carbonyl (C=O) groups is 1. The minimum absolute atomic E-state index is 0.0643. The third kappa shape index (κ3) is 1.85. The largest absolute Gasteiger partial charge is 0.508 e. The van der Waals surface area contributed by atoms with Crippen LogP contribution in [0, 0.1) is 5.92 Å². The van der Waals surface area contributed by atoms with Gasteiger partial charge in [0.15, 0.2) is 0 Å². The molecule has 5 heteroatoms. The number of fused-ring (bicyclic) bond motifs is 2. The van der Waals surface area contributed by atoms with Gasteiger partial charge >= 0.3 is 5.97 Å². The number of hydrogen-bond donors (Lipinski definition) is 2. The number of anilines is 1. The molecule has 0 saturated carbocycles. The summed E-state index contributed by atoms with van der Waals surface area (Å²) < 4.78 is 5.46. The van der Waals surface area contributed by atoms with Gasteiger partial charge < -0.3 is 19.8 Å². The molecule has 0 aromatic heterocycles. The van der Waals surface area contributed by atoms with Gasteiger partial charge in [-0.05, 0) is 30.2 Å². The standard InChI is InChI=1S/C14H17NO4/c1-15-11-3-2-8(16)6-9(11)13(14(17)18)10-7-19-5-4-12(10)15/h2-3,6,10,12-13,16H,4-5,7H2,1H3,(H,17,18). The number of nitrogens with zero attached hydrogens (tertiary/aromatic N) is 1. The van der Waals surface area contributed by atoms with Crippen LogP contribution in [0.1, 0.15) is 17.9 Å². The number of ether oxygens (including phenoxy) is 1. The average molecular weight is 263 g/mol. The van der Waals surface area contributed by atoms with E-state index in [4.69, 9.17) is 4.74 Å². The van der Waals surface area contributed by atoms with Crippen LogP contribution in [0.5, 0.6) is 5.75 Å². The van der Waals surface area contributed by atoms with Gasteiger partial charge in [-0.2, -0.15) is 0 Å². The molecular weight excluding hydrogens is 246 g/mol. The Morgan fingerprint density at radius 3 is 3.00 bits per heavy atom. The molecule has 0 radical (unpaired) electrons. The molecule has 2 aliphatic rings. The Hall–Kier alpha value is -1.75. The second-order valence-electron chi connectivity index (χ2n) is 5.26. The van der Waals surface area contributed by atoms with Crippen LogP contribution in [0.15, 0.2) is 18.2 Å². The lowest BCUT2D eigenvalue weighted by Gasteiger charge is -2.46. The summed E-state index contributed by atoms with van der Waals surface area (Å²) >= 11 is 0. The van der Waals surface area contributed by atoms with Crippen LogP contribution < -0.4 is 4.90 Å². The summed E-state index contributed by atoms with van der Waals surface area (Å²) in [6, 6.07) is 5.15. The molecule has 1 aromatic rings. The first-order chi connectivity index (χ1) is 9.09. The minimum Gasteiger partial charge on any atom is -0.508 e. The van der Waals surface area contributed by atoms with Crippen molar-refractivity contribution in [3.63, 3.8) is 0 Å². The summed E-state index contributed by atoms with van der Waals surface area (Å²) in [7, 11) is 1.98. The SMILES string of the molecule is CN1c2ccc(O)cc2C(C(=O)O)C2COCCC21. The molecular formula is C14H17NO4. The van der Waals surface area contributed by atoms with Crippen LogP contribution in [-0.2, 0) is 9.53 Å². The molecule has 3 rings (SSSR count). The van der Waals surface area contributed by atoms with Gasteiger partial charge in [0, 0.05) is 31.3 Å². The highest BCUT2D eigenvalue weighted by Crippen LogP contribution is 2.45. The zero-order valence-electron chi connectivity index (χ0n) is 10.7. The third-order valence-corrected chi connectivity index (χ3v) is 4.28. The van der Waals surface area contributed by atoms with Crippen molar-refractivity contribution < 1.29 is 19.7 Å². The van der Waals surface area contributed by atoms with E-state index in [0.29, 0.717) is 18.8 Å². The number of benzene rings is 1. The maximum absolute atomic E-state index is 11.6. The first kappa shape index (κ1) is 12.3. The molecule has 2 N–H and O–H groups in total. The number of carboxylic acid groups (broad SMARTS) is 1. The molecule has 0 bridgehead atoms. The van der Waals surface area contributed by atoms with Crippen molar-refractivity contribution >= 4 is 11.7 Å². The lowest BCUT2D eigenvalue weighted by molar-refractivity contribution is -0.142. The Kier molecular flexibility index (Phi) is 2.86. The predicted molar refractivity (Wildman–Crippen MR) is 69.6 cm³/mol. The second-order valence-corrected chi connectivity index (χ2v) is 5.26. The van der Waals surface area contributed by atoms with Crippen molar-refractivity contribution in [3.05, 3.63) is 23.8 Å². The molecule has 19 heavy (non-hydrogen) atoms. The van der Waals surface area contributed by atoms with E-state index in [2.05, 4.69) is 4.90 Å². The Balaban J connectivity index is 2.13. The Bertz CT molecular complexity index is 516. The molecule has 2 heterocycles. The average Bonchev–Trinajstić information content (AvgIpc) is 2.38. The van der Waals surface area contributed by atoms with Crippen LogP contribution in [0.4, 0.5) is 5.69 Å². The maximum Gasteiger partial charge on any atom is 0.311 e. The molecule has 1 aromatic carbocycles. The van der Waals surface area contributed by atoms with Crippen LogP contribution in [0.3, 0.4) is 0 Å². The van der Waals surface area contributed by atoms with Crippen LogP contribution in [0.2, 0.25) is 0 Å².